The van der Waals surface area contributed by atoms with E-state index < -0.39 is 0 Å². The van der Waals surface area contributed by atoms with Crippen LogP contribution in [-0.4, -0.2) is 46.2 Å². The predicted octanol–water partition coefficient (Wildman–Crippen LogP) is 26.5. The van der Waals surface area contributed by atoms with Crippen LogP contribution in [-0.2, 0) is 0 Å². The SMILES string of the molecule is c1ccc(-n2c3ccc(-c4ccc5c(c4)c4c6ccccc6sc4n5-c4cccc(-n5c6ccccc6n6c7ccccc7nc56)c4)cc3c3c4ccc(-c5ccc6c(c5)sc5c6c6cc(-n7c8ccccc8c8ccccc87)ccc6n5-c5cccc(-n6c7ccccc7n7c8ccccc8nc67)c5)cc4sc32)cc1. The van der Waals surface area contributed by atoms with Gasteiger partial charge in [0.1, 0.15) is 14.5 Å². The Morgan fingerprint density at radius 2 is 0.532 bits per heavy atom. The van der Waals surface area contributed by atoms with E-state index in [0.717, 1.165) is 95.3 Å². The van der Waals surface area contributed by atoms with E-state index in [1.807, 2.05) is 34.0 Å². The molecule has 10 nitrogen and oxygen atoms in total. The van der Waals surface area contributed by atoms with Gasteiger partial charge in [0, 0.05) is 96.1 Å². The zero-order valence-corrected chi connectivity index (χ0v) is 61.5. The highest BCUT2D eigenvalue weighted by Gasteiger charge is 2.27. The minimum Gasteiger partial charge on any atom is -0.309 e. The molecule has 13 heteroatoms. The molecule has 0 fully saturated rings. The fourth-order valence-corrected chi connectivity index (χ4v) is 22.6. The number of aromatic nitrogens is 10. The highest BCUT2D eigenvalue weighted by atomic mass is 32.1. The van der Waals surface area contributed by atoms with Gasteiger partial charge in [-0.25, -0.2) is 9.97 Å². The monoisotopic (exact) mass is 1470 g/mol. The molecule has 11 aromatic heterocycles. The largest absolute Gasteiger partial charge is 0.309 e. The first-order chi connectivity index (χ1) is 55.0. The highest BCUT2D eigenvalue weighted by Crippen LogP contribution is 2.50. The standard InChI is InChI=1S/C98H56N10S3/c1-2-20-61(21-3-1)102-79-47-42-57(58-43-48-80-73(51-58)91-69-28-6-17-39-88(69)109-95(91)103(80)62-22-18-24-64(54-62)105-84-35-13-15-37-86(84)107-82-33-11-7-29-75(82)99-97(105)107)50-72(79)92-70-45-40-59(52-89(70)110-94(92)102)60-41-46-71-90(53-60)111-96-93(71)74-56-66(101-77-31-9-4-26-67(77)68-27-5-10-32-78(68)101)44-49-81(74)104(96)63-23-19-25-65(55-63)106-85-36-14-16-38-87(85)108-83-34-12-8-30-76(83)100-98(106)108/h1-56H. The van der Waals surface area contributed by atoms with Crippen molar-refractivity contribution in [2.75, 3.05) is 0 Å². The van der Waals surface area contributed by atoms with Gasteiger partial charge >= 0.3 is 0 Å². The minimum absolute atomic E-state index is 0.888. The molecular formula is C98H56N10S3. The van der Waals surface area contributed by atoms with Gasteiger partial charge in [-0.2, -0.15) is 0 Å². The number of nitrogens with zero attached hydrogens (tertiary/aromatic N) is 10. The van der Waals surface area contributed by atoms with Gasteiger partial charge in [0.25, 0.3) is 0 Å². The number of hydrogen-bond acceptors (Lipinski definition) is 5. The summed E-state index contributed by atoms with van der Waals surface area (Å²) in [4.78, 5) is 14.2. The third kappa shape index (κ3) is 8.27. The molecule has 11 heterocycles. The van der Waals surface area contributed by atoms with Crippen molar-refractivity contribution in [3.63, 3.8) is 0 Å². The van der Waals surface area contributed by atoms with Gasteiger partial charge in [-0.3, -0.25) is 17.9 Å². The van der Waals surface area contributed by atoms with E-state index in [9.17, 15) is 0 Å². The van der Waals surface area contributed by atoms with Crippen molar-refractivity contribution < 1.29 is 0 Å². The normalized spacial score (nSPS) is 12.5. The zero-order valence-electron chi connectivity index (χ0n) is 59.0. The fourth-order valence-electron chi connectivity index (χ4n) is 18.7. The van der Waals surface area contributed by atoms with Gasteiger partial charge < -0.3 is 18.3 Å². The number of benzene rings is 15. The first kappa shape index (κ1) is 60.0. The van der Waals surface area contributed by atoms with Crippen molar-refractivity contribution in [2.24, 2.45) is 0 Å². The van der Waals surface area contributed by atoms with Crippen LogP contribution in [0.5, 0.6) is 0 Å². The molecule has 0 aliphatic heterocycles. The first-order valence-electron chi connectivity index (χ1n) is 37.5. The van der Waals surface area contributed by atoms with E-state index in [4.69, 9.17) is 9.97 Å². The van der Waals surface area contributed by atoms with Crippen molar-refractivity contribution in [1.29, 1.82) is 0 Å². The lowest BCUT2D eigenvalue weighted by atomic mass is 9.99. The van der Waals surface area contributed by atoms with Gasteiger partial charge in [0.05, 0.1) is 83.1 Å². The second-order valence-electron chi connectivity index (χ2n) is 29.3. The summed E-state index contributed by atoms with van der Waals surface area (Å²) in [6.07, 6.45) is 0. The summed E-state index contributed by atoms with van der Waals surface area (Å²) in [5, 5.41) is 13.7. The summed E-state index contributed by atoms with van der Waals surface area (Å²) in [5.74, 6) is 1.78. The molecule has 0 bridgehead atoms. The van der Waals surface area contributed by atoms with E-state index in [0.29, 0.717) is 0 Å². The Bertz CT molecular complexity index is 8510. The Morgan fingerprint density at radius 1 is 0.189 bits per heavy atom. The number of rotatable bonds is 8. The van der Waals surface area contributed by atoms with Crippen molar-refractivity contribution in [3.8, 4) is 56.4 Å². The van der Waals surface area contributed by atoms with Crippen molar-refractivity contribution in [3.05, 3.63) is 340 Å². The van der Waals surface area contributed by atoms with Crippen LogP contribution in [0.1, 0.15) is 0 Å². The van der Waals surface area contributed by atoms with E-state index in [2.05, 4.69) is 376 Å². The zero-order chi connectivity index (χ0) is 72.0. The minimum atomic E-state index is 0.888. The van der Waals surface area contributed by atoms with Crippen LogP contribution < -0.4 is 0 Å². The molecule has 111 heavy (non-hydrogen) atoms. The molecular weight excluding hydrogens is 1410 g/mol. The molecule has 15 aromatic carbocycles. The van der Waals surface area contributed by atoms with Crippen molar-refractivity contribution >= 4 is 205 Å². The summed E-state index contributed by atoms with van der Waals surface area (Å²) >= 11 is 5.63. The fraction of sp³-hybridized carbons (Fsp3) is 0. The lowest BCUT2D eigenvalue weighted by Crippen LogP contribution is -1.99. The Kier molecular flexibility index (Phi) is 12.0. The maximum atomic E-state index is 5.29. The quantitative estimate of drug-likeness (QED) is 0.152. The second-order valence-corrected chi connectivity index (χ2v) is 32.4. The number of para-hydroxylation sites is 11. The lowest BCUT2D eigenvalue weighted by molar-refractivity contribution is 1.09. The van der Waals surface area contributed by atoms with Crippen molar-refractivity contribution in [2.45, 2.75) is 0 Å². The molecule has 0 saturated carbocycles. The van der Waals surface area contributed by atoms with Crippen LogP contribution in [0.4, 0.5) is 0 Å². The van der Waals surface area contributed by atoms with Gasteiger partial charge in [-0.1, -0.05) is 170 Å². The Hall–Kier alpha value is -14.1. The summed E-state index contributed by atoms with van der Waals surface area (Å²) in [6, 6.07) is 125. The van der Waals surface area contributed by atoms with Crippen LogP contribution in [0.2, 0.25) is 0 Å². The Morgan fingerprint density at radius 3 is 1.05 bits per heavy atom. The molecule has 0 aliphatic carbocycles. The van der Waals surface area contributed by atoms with E-state index >= 15 is 0 Å². The second kappa shape index (κ2) is 22.3. The molecule has 0 amide bonds. The third-order valence-electron chi connectivity index (χ3n) is 23.5. The van der Waals surface area contributed by atoms with E-state index in [1.54, 1.807) is 0 Å². The maximum Gasteiger partial charge on any atom is 0.220 e. The molecule has 0 aliphatic rings. The van der Waals surface area contributed by atoms with Crippen molar-refractivity contribution in [1.82, 2.24) is 46.2 Å². The lowest BCUT2D eigenvalue weighted by Gasteiger charge is -2.12. The molecule has 0 unspecified atom stereocenters. The molecule has 0 N–H and O–H groups in total. The topological polar surface area (TPSA) is 64.2 Å². The molecule has 26 rings (SSSR count). The average Bonchev–Trinajstić information content (AvgIpc) is 1.71. The summed E-state index contributed by atoms with van der Waals surface area (Å²) in [6.45, 7) is 0. The van der Waals surface area contributed by atoms with Gasteiger partial charge in [-0.05, 0) is 192 Å². The maximum absolute atomic E-state index is 5.29. The average molecular weight is 1470 g/mol. The van der Waals surface area contributed by atoms with Gasteiger partial charge in [-0.15, -0.1) is 34.0 Å². The summed E-state index contributed by atoms with van der Waals surface area (Å²) in [7, 11) is 0. The van der Waals surface area contributed by atoms with Gasteiger partial charge in [0.2, 0.25) is 11.6 Å². The Balaban J connectivity index is 0.621. The first-order valence-corrected chi connectivity index (χ1v) is 40.0. The predicted molar refractivity (Wildman–Crippen MR) is 467 cm³/mol. The molecule has 0 atom stereocenters. The van der Waals surface area contributed by atoms with Crippen LogP contribution in [0, 0.1) is 0 Å². The number of imidazole rings is 4. The summed E-state index contributed by atoms with van der Waals surface area (Å²) < 4.78 is 22.9. The number of hydrogen-bond donors (Lipinski definition) is 0. The third-order valence-corrected chi connectivity index (χ3v) is 26.9. The smallest absolute Gasteiger partial charge is 0.220 e. The van der Waals surface area contributed by atoms with E-state index in [1.165, 1.54) is 132 Å². The van der Waals surface area contributed by atoms with E-state index in [-0.39, 0.29) is 0 Å². The van der Waals surface area contributed by atoms with Crippen LogP contribution in [0.15, 0.2) is 340 Å². The molecule has 516 valence electrons. The Labute approximate surface area is 642 Å². The number of fused-ring (bicyclic) bond motifs is 28. The molecule has 0 saturated heterocycles. The molecule has 26 aromatic rings. The van der Waals surface area contributed by atoms with Crippen LogP contribution in [0.3, 0.4) is 0 Å². The van der Waals surface area contributed by atoms with Gasteiger partial charge in [0.15, 0.2) is 0 Å². The highest BCUT2D eigenvalue weighted by molar-refractivity contribution is 7.26. The number of thiophene rings is 3. The molecule has 0 radical (unpaired) electrons. The molecule has 0 spiro atoms. The van der Waals surface area contributed by atoms with Crippen LogP contribution in [0.25, 0.3) is 227 Å². The summed E-state index contributed by atoms with van der Waals surface area (Å²) in [5.41, 5.74) is 25.8. The van der Waals surface area contributed by atoms with Crippen LogP contribution >= 0.6 is 34.0 Å².